The van der Waals surface area contributed by atoms with Crippen molar-refractivity contribution in [3.8, 4) is 0 Å². The molecule has 3 nitrogen and oxygen atoms in total. The molecule has 2 heterocycles. The van der Waals surface area contributed by atoms with Crippen molar-refractivity contribution in [2.45, 2.75) is 30.9 Å². The lowest BCUT2D eigenvalue weighted by atomic mass is 9.72. The number of aromatic amines is 1. The molecule has 2 aliphatic rings. The van der Waals surface area contributed by atoms with Crippen LogP contribution in [-0.4, -0.2) is 24.7 Å². The van der Waals surface area contributed by atoms with E-state index < -0.39 is 0 Å². The molecule has 94 valence electrons. The van der Waals surface area contributed by atoms with Crippen molar-refractivity contribution < 1.29 is 4.74 Å². The third kappa shape index (κ3) is 1.16. The fourth-order valence-corrected chi connectivity index (χ4v) is 3.87. The van der Waals surface area contributed by atoms with Crippen molar-refractivity contribution in [1.82, 2.24) is 10.3 Å². The number of hydrogen-bond donors (Lipinski definition) is 2. The predicted molar refractivity (Wildman–Crippen MR) is 71.7 cm³/mol. The van der Waals surface area contributed by atoms with Gasteiger partial charge in [-0.1, -0.05) is 12.1 Å². The molecule has 1 fully saturated rings. The summed E-state index contributed by atoms with van der Waals surface area (Å²) in [6, 6.07) is 6.94. The first-order chi connectivity index (χ1) is 8.85. The summed E-state index contributed by atoms with van der Waals surface area (Å²) < 4.78 is 6.02. The Morgan fingerprint density at radius 2 is 2.33 bits per heavy atom. The maximum Gasteiger partial charge on any atom is 0.109 e. The van der Waals surface area contributed by atoms with Gasteiger partial charge in [-0.3, -0.25) is 0 Å². The average molecular weight is 242 g/mol. The van der Waals surface area contributed by atoms with E-state index in [2.05, 4.69) is 34.7 Å². The molecule has 0 spiro atoms. The van der Waals surface area contributed by atoms with Gasteiger partial charge in [0.05, 0.1) is 0 Å². The van der Waals surface area contributed by atoms with Crippen molar-refractivity contribution in [2.24, 2.45) is 0 Å². The molecule has 1 aromatic heterocycles. The fraction of sp³-hybridized carbons (Fsp3) is 0.467. The van der Waals surface area contributed by atoms with E-state index in [4.69, 9.17) is 4.74 Å². The molecule has 2 unspecified atom stereocenters. The predicted octanol–water partition coefficient (Wildman–Crippen LogP) is 2.32. The molecule has 18 heavy (non-hydrogen) atoms. The standard InChI is InChI=1S/C15H18N2O/c1-18-15-6-3-7-16-13(15)8-10-9-17-12-5-2-4-11(15)14(10)12/h2,4-5,9,13,16-17H,3,6-8H2,1H3. The van der Waals surface area contributed by atoms with Crippen LogP contribution in [0.5, 0.6) is 0 Å². The monoisotopic (exact) mass is 242 g/mol. The fourth-order valence-electron chi connectivity index (χ4n) is 3.87. The second-order valence-electron chi connectivity index (χ2n) is 5.45. The molecule has 1 aliphatic heterocycles. The number of piperidine rings is 1. The van der Waals surface area contributed by atoms with Crippen molar-refractivity contribution in [3.05, 3.63) is 35.5 Å². The van der Waals surface area contributed by atoms with Crippen LogP contribution in [0, 0.1) is 0 Å². The summed E-state index contributed by atoms with van der Waals surface area (Å²) in [5, 5.41) is 5.04. The number of methoxy groups -OCH3 is 1. The number of aromatic nitrogens is 1. The minimum absolute atomic E-state index is 0.132. The molecule has 1 aliphatic carbocycles. The third-order valence-corrected chi connectivity index (χ3v) is 4.71. The van der Waals surface area contributed by atoms with Gasteiger partial charge in [-0.25, -0.2) is 0 Å². The molecule has 3 heteroatoms. The molecule has 2 aromatic rings. The Balaban J connectivity index is 2.03. The van der Waals surface area contributed by atoms with E-state index in [1.54, 1.807) is 0 Å². The van der Waals surface area contributed by atoms with Gasteiger partial charge in [0.25, 0.3) is 0 Å². The minimum atomic E-state index is -0.132. The van der Waals surface area contributed by atoms with E-state index in [1.807, 2.05) is 7.11 Å². The van der Waals surface area contributed by atoms with E-state index >= 15 is 0 Å². The van der Waals surface area contributed by atoms with Gasteiger partial charge < -0.3 is 15.0 Å². The van der Waals surface area contributed by atoms with Crippen molar-refractivity contribution in [2.75, 3.05) is 13.7 Å². The van der Waals surface area contributed by atoms with E-state index in [0.29, 0.717) is 6.04 Å². The van der Waals surface area contributed by atoms with Crippen LogP contribution in [0.4, 0.5) is 0 Å². The van der Waals surface area contributed by atoms with Crippen LogP contribution in [0.2, 0.25) is 0 Å². The topological polar surface area (TPSA) is 37.0 Å². The third-order valence-electron chi connectivity index (χ3n) is 4.71. The molecule has 1 saturated heterocycles. The lowest BCUT2D eigenvalue weighted by molar-refractivity contribution is -0.0681. The summed E-state index contributed by atoms with van der Waals surface area (Å²) in [5.41, 5.74) is 3.89. The van der Waals surface area contributed by atoms with Crippen LogP contribution >= 0.6 is 0 Å². The molecule has 2 N–H and O–H groups in total. The molecular formula is C15H18N2O. The SMILES string of the molecule is COC12CCCNC1Cc1c[nH]c3cccc2c13. The molecule has 1 aromatic carbocycles. The first kappa shape index (κ1) is 10.6. The van der Waals surface area contributed by atoms with Gasteiger partial charge in [0.1, 0.15) is 5.60 Å². The van der Waals surface area contributed by atoms with E-state index in [1.165, 1.54) is 28.5 Å². The highest BCUT2D eigenvalue weighted by molar-refractivity contribution is 5.88. The van der Waals surface area contributed by atoms with E-state index in [0.717, 1.165) is 19.4 Å². The second kappa shape index (κ2) is 3.59. The summed E-state index contributed by atoms with van der Waals surface area (Å²) in [4.78, 5) is 3.39. The molecule has 0 saturated carbocycles. The van der Waals surface area contributed by atoms with E-state index in [-0.39, 0.29) is 5.60 Å². The molecule has 4 rings (SSSR count). The molecular weight excluding hydrogens is 224 g/mol. The van der Waals surface area contributed by atoms with Crippen LogP contribution in [0.1, 0.15) is 24.0 Å². The second-order valence-corrected chi connectivity index (χ2v) is 5.45. The molecule has 0 amide bonds. The van der Waals surface area contributed by atoms with Gasteiger partial charge in [0.15, 0.2) is 0 Å². The number of hydrogen-bond acceptors (Lipinski definition) is 2. The van der Waals surface area contributed by atoms with Crippen molar-refractivity contribution >= 4 is 10.9 Å². The molecule has 0 bridgehead atoms. The first-order valence-electron chi connectivity index (χ1n) is 6.73. The van der Waals surface area contributed by atoms with Crippen LogP contribution in [0.15, 0.2) is 24.4 Å². The van der Waals surface area contributed by atoms with Gasteiger partial charge in [-0.2, -0.15) is 0 Å². The van der Waals surface area contributed by atoms with Crippen LogP contribution in [-0.2, 0) is 16.8 Å². The van der Waals surface area contributed by atoms with E-state index in [9.17, 15) is 0 Å². The normalized spacial score (nSPS) is 30.4. The smallest absolute Gasteiger partial charge is 0.109 e. The summed E-state index contributed by atoms with van der Waals surface area (Å²) in [6.45, 7) is 1.10. The number of ether oxygens (including phenoxy) is 1. The summed E-state index contributed by atoms with van der Waals surface area (Å²) in [7, 11) is 1.86. The quantitative estimate of drug-likeness (QED) is 0.805. The number of nitrogens with one attached hydrogen (secondary N) is 2. The number of rotatable bonds is 1. The van der Waals surface area contributed by atoms with Crippen molar-refractivity contribution in [1.29, 1.82) is 0 Å². The highest BCUT2D eigenvalue weighted by Gasteiger charge is 2.46. The molecule has 0 radical (unpaired) electrons. The minimum Gasteiger partial charge on any atom is -0.372 e. The number of fused-ring (bicyclic) bond motifs is 2. The van der Waals surface area contributed by atoms with Gasteiger partial charge in [0.2, 0.25) is 0 Å². The summed E-state index contributed by atoms with van der Waals surface area (Å²) in [5.74, 6) is 0. The Kier molecular flexibility index (Phi) is 2.11. The summed E-state index contributed by atoms with van der Waals surface area (Å²) in [6.07, 6.45) is 5.51. The van der Waals surface area contributed by atoms with Gasteiger partial charge >= 0.3 is 0 Å². The highest BCUT2D eigenvalue weighted by Crippen LogP contribution is 2.45. The Bertz CT molecular complexity index is 604. The zero-order valence-corrected chi connectivity index (χ0v) is 10.6. The van der Waals surface area contributed by atoms with Gasteiger partial charge in [0, 0.05) is 30.3 Å². The zero-order chi connectivity index (χ0) is 12.2. The largest absolute Gasteiger partial charge is 0.372 e. The highest BCUT2D eigenvalue weighted by atomic mass is 16.5. The Morgan fingerprint density at radius 3 is 3.22 bits per heavy atom. The van der Waals surface area contributed by atoms with Crippen LogP contribution < -0.4 is 5.32 Å². The Hall–Kier alpha value is -1.32. The van der Waals surface area contributed by atoms with Gasteiger partial charge in [-0.15, -0.1) is 0 Å². The van der Waals surface area contributed by atoms with Crippen LogP contribution in [0.25, 0.3) is 10.9 Å². The van der Waals surface area contributed by atoms with Crippen LogP contribution in [0.3, 0.4) is 0 Å². The summed E-state index contributed by atoms with van der Waals surface area (Å²) >= 11 is 0. The maximum absolute atomic E-state index is 6.02. The Morgan fingerprint density at radius 1 is 1.39 bits per heavy atom. The molecule has 2 atom stereocenters. The zero-order valence-electron chi connectivity index (χ0n) is 10.6. The number of benzene rings is 1. The maximum atomic E-state index is 6.02. The number of H-pyrrole nitrogens is 1. The lowest BCUT2D eigenvalue weighted by Gasteiger charge is -2.46. The lowest BCUT2D eigenvalue weighted by Crippen LogP contribution is -2.56. The van der Waals surface area contributed by atoms with Gasteiger partial charge in [-0.05, 0) is 43.0 Å². The first-order valence-corrected chi connectivity index (χ1v) is 6.73. The Labute approximate surface area is 107 Å². The average Bonchev–Trinajstić information content (AvgIpc) is 2.84. The van der Waals surface area contributed by atoms with Crippen molar-refractivity contribution in [3.63, 3.8) is 0 Å².